The molecule has 1 aromatic heterocycles. The first-order valence-electron chi connectivity index (χ1n) is 10.9. The maximum atomic E-state index is 12.3. The van der Waals surface area contributed by atoms with Gasteiger partial charge in [-0.15, -0.1) is 0 Å². The molecule has 4 aliphatic rings. The van der Waals surface area contributed by atoms with E-state index in [0.717, 1.165) is 24.8 Å². The van der Waals surface area contributed by atoms with Crippen molar-refractivity contribution in [3.05, 3.63) is 35.8 Å². The molecule has 2 fully saturated rings. The predicted octanol–water partition coefficient (Wildman–Crippen LogP) is 4.47. The molecule has 1 aromatic rings. The van der Waals surface area contributed by atoms with Crippen molar-refractivity contribution in [2.45, 2.75) is 52.4 Å². The molecule has 5 atom stereocenters. The zero-order valence-corrected chi connectivity index (χ0v) is 17.9. The minimum absolute atomic E-state index is 0.138. The maximum absolute atomic E-state index is 12.3. The molecule has 5 rings (SSSR count). The van der Waals surface area contributed by atoms with E-state index in [1.54, 1.807) is 7.11 Å². The summed E-state index contributed by atoms with van der Waals surface area (Å²) in [5, 5.41) is 0. The lowest BCUT2D eigenvalue weighted by atomic mass is 9.49. The van der Waals surface area contributed by atoms with Gasteiger partial charge in [-0.25, -0.2) is 9.97 Å². The summed E-state index contributed by atoms with van der Waals surface area (Å²) in [4.78, 5) is 22.9. The fraction of sp³-hybridized carbons (Fsp3) is 0.625. The first kappa shape index (κ1) is 18.8. The molecule has 0 spiro atoms. The lowest BCUT2D eigenvalue weighted by molar-refractivity contribution is -0.135. The highest BCUT2D eigenvalue weighted by Gasteiger charge is 2.57. The Morgan fingerprint density at radius 2 is 1.83 bits per heavy atom. The Morgan fingerprint density at radius 1 is 1.07 bits per heavy atom. The molecule has 0 N–H and O–H groups in total. The summed E-state index contributed by atoms with van der Waals surface area (Å²) >= 11 is 0. The minimum Gasteiger partial charge on any atom is -0.467 e. The van der Waals surface area contributed by atoms with Crippen molar-refractivity contribution in [2.75, 3.05) is 14.2 Å². The van der Waals surface area contributed by atoms with Crippen LogP contribution in [0.3, 0.4) is 0 Å². The smallest absolute Gasteiger partial charge is 0.316 e. The molecule has 1 saturated heterocycles. The Balaban J connectivity index is 1.46. The highest BCUT2D eigenvalue weighted by Crippen LogP contribution is 2.65. The number of nitrogens with zero attached hydrogens (tertiary/aromatic N) is 3. The van der Waals surface area contributed by atoms with Gasteiger partial charge in [0.05, 0.1) is 7.11 Å². The fourth-order valence-electron chi connectivity index (χ4n) is 7.16. The number of hydrogen-bond donors (Lipinski definition) is 0. The number of piperidine rings is 1. The number of likely N-dealkylation sites (tertiary alicyclic amines) is 1. The van der Waals surface area contributed by atoms with Gasteiger partial charge in [0, 0.05) is 42.5 Å². The molecule has 29 heavy (non-hydrogen) atoms. The second-order valence-electron chi connectivity index (χ2n) is 9.84. The molecule has 0 bridgehead atoms. The average Bonchev–Trinajstić information content (AvgIpc) is 3.08. The average molecular weight is 394 g/mol. The van der Waals surface area contributed by atoms with Gasteiger partial charge in [-0.3, -0.25) is 4.79 Å². The van der Waals surface area contributed by atoms with Crippen LogP contribution in [0, 0.1) is 28.6 Å². The van der Waals surface area contributed by atoms with Gasteiger partial charge in [-0.05, 0) is 60.8 Å². The van der Waals surface area contributed by atoms with Crippen LogP contribution in [-0.4, -0.2) is 34.9 Å². The van der Waals surface area contributed by atoms with Crippen LogP contribution in [0.1, 0.15) is 57.9 Å². The summed E-state index contributed by atoms with van der Waals surface area (Å²) in [5.41, 5.74) is 4.15. The molecular weight excluding hydrogens is 362 g/mol. The first-order chi connectivity index (χ1) is 13.9. The Hall–Kier alpha value is -2.17. The van der Waals surface area contributed by atoms with Gasteiger partial charge in [-0.1, -0.05) is 26.0 Å². The van der Waals surface area contributed by atoms with Crippen molar-refractivity contribution >= 4 is 11.5 Å². The number of carbonyl (C=O) groups excluding carboxylic acids is 1. The van der Waals surface area contributed by atoms with Gasteiger partial charge in [0.25, 0.3) is 0 Å². The minimum atomic E-state index is 0.138. The predicted molar refractivity (Wildman–Crippen MR) is 112 cm³/mol. The quantitative estimate of drug-likeness (QED) is 0.744. The second kappa shape index (κ2) is 6.41. The third-order valence-corrected chi connectivity index (χ3v) is 8.72. The number of carbonyl (C=O) groups is 1. The zero-order chi connectivity index (χ0) is 20.4. The van der Waals surface area contributed by atoms with E-state index in [1.165, 1.54) is 24.1 Å². The maximum Gasteiger partial charge on any atom is 0.316 e. The normalized spacial score (nSPS) is 38.6. The third-order valence-electron chi connectivity index (χ3n) is 8.72. The van der Waals surface area contributed by atoms with E-state index in [-0.39, 0.29) is 16.7 Å². The van der Waals surface area contributed by atoms with Crippen molar-refractivity contribution in [1.82, 2.24) is 14.9 Å². The van der Waals surface area contributed by atoms with Gasteiger partial charge < -0.3 is 9.64 Å². The summed E-state index contributed by atoms with van der Waals surface area (Å²) in [6, 6.07) is 0.423. The number of amides is 1. The molecule has 5 nitrogen and oxygen atoms in total. The van der Waals surface area contributed by atoms with Gasteiger partial charge in [0.15, 0.2) is 0 Å². The molecule has 154 valence electrons. The van der Waals surface area contributed by atoms with Crippen LogP contribution < -0.4 is 4.74 Å². The fourth-order valence-corrected chi connectivity index (χ4v) is 7.16. The Kier molecular flexibility index (Phi) is 4.17. The van der Waals surface area contributed by atoms with Crippen molar-refractivity contribution in [3.63, 3.8) is 0 Å². The first-order valence-corrected chi connectivity index (χ1v) is 10.9. The van der Waals surface area contributed by atoms with E-state index >= 15 is 0 Å². The van der Waals surface area contributed by atoms with Crippen molar-refractivity contribution in [3.8, 4) is 6.01 Å². The second-order valence-corrected chi connectivity index (χ2v) is 9.84. The molecule has 5 heteroatoms. The van der Waals surface area contributed by atoms with Crippen LogP contribution in [0.4, 0.5) is 0 Å². The standard InChI is InChI=1S/C24H31N3O2/c1-23-11-9-19-16(5-8-20-24(19,2)12-10-21(28)27(20)3)18(23)7-6-17(23)15-13-25-22(29-4)26-14-15/h6,8,13-14,16,18-19H,5,7,9-12H2,1-4H3/t16-,18-,19-,23+,24+/m0/s1. The molecular formula is C24H31N3O2. The molecule has 1 aliphatic heterocycles. The summed E-state index contributed by atoms with van der Waals surface area (Å²) < 4.78 is 5.14. The highest BCUT2D eigenvalue weighted by atomic mass is 16.5. The SMILES string of the molecule is COc1ncc(C2=CC[C@H]3[C@@H]4CC=C5N(C)C(=O)CC[C@]5(C)[C@H]4CC[C@]23C)cn1. The van der Waals surface area contributed by atoms with Crippen LogP contribution in [-0.2, 0) is 4.79 Å². The number of allylic oxidation sites excluding steroid dienone is 4. The number of rotatable bonds is 2. The number of ether oxygens (including phenoxy) is 1. The zero-order valence-electron chi connectivity index (χ0n) is 17.9. The summed E-state index contributed by atoms with van der Waals surface area (Å²) in [7, 11) is 3.57. The topological polar surface area (TPSA) is 55.3 Å². The molecule has 2 heterocycles. The van der Waals surface area contributed by atoms with Crippen molar-refractivity contribution in [1.29, 1.82) is 0 Å². The van der Waals surface area contributed by atoms with Crippen molar-refractivity contribution < 1.29 is 9.53 Å². The van der Waals surface area contributed by atoms with Gasteiger partial charge in [-0.2, -0.15) is 0 Å². The summed E-state index contributed by atoms with van der Waals surface area (Å²) in [6.07, 6.45) is 15.0. The van der Waals surface area contributed by atoms with Gasteiger partial charge in [0.1, 0.15) is 0 Å². The third kappa shape index (κ3) is 2.55. The van der Waals surface area contributed by atoms with E-state index in [2.05, 4.69) is 36.0 Å². The number of aromatic nitrogens is 2. The monoisotopic (exact) mass is 393 g/mol. The molecule has 0 aromatic carbocycles. The van der Waals surface area contributed by atoms with E-state index < -0.39 is 0 Å². The van der Waals surface area contributed by atoms with Crippen LogP contribution in [0.5, 0.6) is 6.01 Å². The lowest BCUT2D eigenvalue weighted by Crippen LogP contribution is -2.53. The Morgan fingerprint density at radius 3 is 2.55 bits per heavy atom. The molecule has 0 unspecified atom stereocenters. The lowest BCUT2D eigenvalue weighted by Gasteiger charge is -2.58. The van der Waals surface area contributed by atoms with E-state index in [0.29, 0.717) is 30.2 Å². The van der Waals surface area contributed by atoms with Crippen molar-refractivity contribution in [2.24, 2.45) is 28.6 Å². The largest absolute Gasteiger partial charge is 0.467 e. The summed E-state index contributed by atoms with van der Waals surface area (Å²) in [5.74, 6) is 2.26. The molecule has 3 aliphatic carbocycles. The van der Waals surface area contributed by atoms with E-state index in [9.17, 15) is 4.79 Å². The van der Waals surface area contributed by atoms with E-state index in [4.69, 9.17) is 4.74 Å². The Bertz CT molecular complexity index is 905. The highest BCUT2D eigenvalue weighted by molar-refractivity contribution is 5.79. The van der Waals surface area contributed by atoms with Crippen LogP contribution >= 0.6 is 0 Å². The summed E-state index contributed by atoms with van der Waals surface area (Å²) in [6.45, 7) is 4.87. The number of hydrogen-bond acceptors (Lipinski definition) is 4. The Labute approximate surface area is 173 Å². The number of fused-ring (bicyclic) bond motifs is 5. The molecule has 1 saturated carbocycles. The van der Waals surface area contributed by atoms with Crippen LogP contribution in [0.2, 0.25) is 0 Å². The number of methoxy groups -OCH3 is 1. The molecule has 0 radical (unpaired) electrons. The van der Waals surface area contributed by atoms with Crippen LogP contribution in [0.25, 0.3) is 5.57 Å². The van der Waals surface area contributed by atoms with Gasteiger partial charge in [0.2, 0.25) is 5.91 Å². The van der Waals surface area contributed by atoms with Gasteiger partial charge >= 0.3 is 6.01 Å². The molecule has 1 amide bonds. The van der Waals surface area contributed by atoms with E-state index in [1.807, 2.05) is 24.3 Å². The van der Waals surface area contributed by atoms with Crippen LogP contribution in [0.15, 0.2) is 30.2 Å².